The van der Waals surface area contributed by atoms with Crippen LogP contribution in [0.5, 0.6) is 0 Å². The average Bonchev–Trinajstić information content (AvgIpc) is 1.93. The summed E-state index contributed by atoms with van der Waals surface area (Å²) < 4.78 is 35.6. The maximum Gasteiger partial charge on any atom is 0.447 e. The number of nitrogen functional groups attached to an aromatic ring is 1. The second-order valence-corrected chi connectivity index (χ2v) is 3.59. The number of nitrogens with zero attached hydrogens (tertiary/aromatic N) is 1. The van der Waals surface area contributed by atoms with E-state index < -0.39 is 5.51 Å². The third-order valence-corrected chi connectivity index (χ3v) is 2.03. The van der Waals surface area contributed by atoms with E-state index in [-0.39, 0.29) is 27.5 Å². The molecule has 0 saturated carbocycles. The average molecular weight is 229 g/mol. The third kappa shape index (κ3) is 3.31. The van der Waals surface area contributed by atoms with Gasteiger partial charge in [-0.2, -0.15) is 13.2 Å². The topological polar surface area (TPSA) is 38.9 Å². The van der Waals surface area contributed by atoms with Crippen LogP contribution in [0.25, 0.3) is 0 Å². The number of hydrogen-bond donors (Lipinski definition) is 1. The van der Waals surface area contributed by atoms with Crippen molar-refractivity contribution in [2.75, 3.05) is 5.73 Å². The summed E-state index contributed by atoms with van der Waals surface area (Å²) in [5, 5.41) is -0.0686. The van der Waals surface area contributed by atoms with Gasteiger partial charge in [0.2, 0.25) is 0 Å². The normalized spacial score (nSPS) is 11.7. The molecule has 0 bridgehead atoms. The molecule has 0 spiro atoms. The predicted molar refractivity (Wildman–Crippen MR) is 45.6 cm³/mol. The summed E-state index contributed by atoms with van der Waals surface area (Å²) in [6.45, 7) is 0. The molecule has 0 fully saturated rings. The van der Waals surface area contributed by atoms with Crippen molar-refractivity contribution in [1.82, 2.24) is 4.98 Å². The highest BCUT2D eigenvalue weighted by molar-refractivity contribution is 8.00. The van der Waals surface area contributed by atoms with Gasteiger partial charge >= 0.3 is 5.51 Å². The molecular formula is C6H4ClF3N2S. The number of thioether (sulfide) groups is 1. The molecule has 1 aromatic heterocycles. The van der Waals surface area contributed by atoms with Gasteiger partial charge in [0.05, 0.1) is 10.7 Å². The van der Waals surface area contributed by atoms with Crippen molar-refractivity contribution in [1.29, 1.82) is 0 Å². The largest absolute Gasteiger partial charge is 0.447 e. The molecule has 1 aromatic rings. The number of pyridine rings is 1. The zero-order valence-electron chi connectivity index (χ0n) is 6.10. The van der Waals surface area contributed by atoms with Crippen LogP contribution in [0, 0.1) is 0 Å². The maximum absolute atomic E-state index is 11.9. The Hall–Kier alpha value is -0.620. The number of nitrogens with two attached hydrogens (primary N) is 1. The summed E-state index contributed by atoms with van der Waals surface area (Å²) in [6.07, 6.45) is 1.12. The Balaban J connectivity index is 2.90. The molecule has 0 amide bonds. The lowest BCUT2D eigenvalue weighted by atomic mass is 10.4. The monoisotopic (exact) mass is 228 g/mol. The van der Waals surface area contributed by atoms with Crippen LogP contribution in [-0.2, 0) is 0 Å². The third-order valence-electron chi connectivity index (χ3n) is 1.06. The zero-order chi connectivity index (χ0) is 10.1. The quantitative estimate of drug-likeness (QED) is 0.751. The molecule has 1 heterocycles. The van der Waals surface area contributed by atoms with Gasteiger partial charge in [-0.05, 0) is 6.07 Å². The van der Waals surface area contributed by atoms with Crippen LogP contribution >= 0.6 is 23.4 Å². The molecule has 2 nitrogen and oxygen atoms in total. The fourth-order valence-electron chi connectivity index (χ4n) is 0.637. The van der Waals surface area contributed by atoms with Gasteiger partial charge in [-0.15, -0.1) is 0 Å². The molecule has 0 aliphatic rings. The molecule has 1 rings (SSSR count). The second kappa shape index (κ2) is 3.63. The highest BCUT2D eigenvalue weighted by Gasteiger charge is 2.31. The maximum atomic E-state index is 11.9. The van der Waals surface area contributed by atoms with Crippen LogP contribution in [0.4, 0.5) is 18.9 Å². The lowest BCUT2D eigenvalue weighted by Crippen LogP contribution is -2.02. The highest BCUT2D eigenvalue weighted by Crippen LogP contribution is 2.38. The lowest BCUT2D eigenvalue weighted by molar-refractivity contribution is -0.0329. The van der Waals surface area contributed by atoms with Crippen LogP contribution in [0.1, 0.15) is 0 Å². The van der Waals surface area contributed by atoms with Crippen LogP contribution in [0.15, 0.2) is 17.3 Å². The Morgan fingerprint density at radius 3 is 2.54 bits per heavy atom. The molecule has 0 radical (unpaired) electrons. The molecule has 0 saturated heterocycles. The Morgan fingerprint density at radius 2 is 2.08 bits per heavy atom. The van der Waals surface area contributed by atoms with Gasteiger partial charge in [-0.3, -0.25) is 0 Å². The van der Waals surface area contributed by atoms with E-state index in [0.717, 1.165) is 6.20 Å². The minimum absolute atomic E-state index is 0.0742. The Labute approximate surface area is 81.3 Å². The Kier molecular flexibility index (Phi) is 2.92. The van der Waals surface area contributed by atoms with Crippen molar-refractivity contribution in [3.63, 3.8) is 0 Å². The molecule has 2 N–H and O–H groups in total. The van der Waals surface area contributed by atoms with Crippen molar-refractivity contribution < 1.29 is 13.2 Å². The number of hydrogen-bond acceptors (Lipinski definition) is 3. The molecular weight excluding hydrogens is 225 g/mol. The first-order chi connectivity index (χ1) is 5.88. The standard InChI is InChI=1S/C6H4ClF3N2S/c7-3-1-4(11)5(12-2-3)13-6(8,9)10/h1-2H,11H2. The van der Waals surface area contributed by atoms with E-state index in [1.54, 1.807) is 0 Å². The molecule has 0 unspecified atom stereocenters. The first kappa shape index (κ1) is 10.5. The Bertz CT molecular complexity index is 315. The van der Waals surface area contributed by atoms with Gasteiger partial charge in [0, 0.05) is 18.0 Å². The Morgan fingerprint density at radius 1 is 1.46 bits per heavy atom. The minimum Gasteiger partial charge on any atom is -0.396 e. The van der Waals surface area contributed by atoms with Crippen molar-refractivity contribution in [3.8, 4) is 0 Å². The van der Waals surface area contributed by atoms with Crippen molar-refractivity contribution in [2.24, 2.45) is 0 Å². The van der Waals surface area contributed by atoms with Gasteiger partial charge in [0.15, 0.2) is 0 Å². The lowest BCUT2D eigenvalue weighted by Gasteiger charge is -2.06. The molecule has 7 heteroatoms. The summed E-state index contributed by atoms with van der Waals surface area (Å²) in [5.74, 6) is 0. The number of rotatable bonds is 1. The summed E-state index contributed by atoms with van der Waals surface area (Å²) >= 11 is 5.10. The van der Waals surface area contributed by atoms with E-state index in [9.17, 15) is 13.2 Å². The molecule has 0 atom stereocenters. The van der Waals surface area contributed by atoms with Crippen LogP contribution in [0.3, 0.4) is 0 Å². The molecule has 0 aromatic carbocycles. The fourth-order valence-corrected chi connectivity index (χ4v) is 1.31. The first-order valence-electron chi connectivity index (χ1n) is 3.05. The number of halogens is 4. The smallest absolute Gasteiger partial charge is 0.396 e. The SMILES string of the molecule is Nc1cc(Cl)cnc1SC(F)(F)F. The van der Waals surface area contributed by atoms with Gasteiger partial charge in [-0.1, -0.05) is 11.6 Å². The van der Waals surface area contributed by atoms with E-state index in [1.165, 1.54) is 6.07 Å². The van der Waals surface area contributed by atoms with Gasteiger partial charge in [-0.25, -0.2) is 4.98 Å². The molecule has 13 heavy (non-hydrogen) atoms. The van der Waals surface area contributed by atoms with E-state index >= 15 is 0 Å². The van der Waals surface area contributed by atoms with Crippen molar-refractivity contribution >= 4 is 29.1 Å². The summed E-state index contributed by atoms with van der Waals surface area (Å²) in [5.41, 5.74) is 0.807. The van der Waals surface area contributed by atoms with Gasteiger partial charge in [0.1, 0.15) is 5.03 Å². The van der Waals surface area contributed by atoms with E-state index in [4.69, 9.17) is 17.3 Å². The van der Waals surface area contributed by atoms with Crippen LogP contribution < -0.4 is 5.73 Å². The highest BCUT2D eigenvalue weighted by atomic mass is 35.5. The first-order valence-corrected chi connectivity index (χ1v) is 4.25. The zero-order valence-corrected chi connectivity index (χ0v) is 7.67. The molecule has 0 aliphatic carbocycles. The van der Waals surface area contributed by atoms with Gasteiger partial charge < -0.3 is 5.73 Å². The number of anilines is 1. The second-order valence-electron chi connectivity index (χ2n) is 2.10. The minimum atomic E-state index is -4.38. The van der Waals surface area contributed by atoms with Crippen molar-refractivity contribution in [2.45, 2.75) is 10.5 Å². The van der Waals surface area contributed by atoms with Crippen LogP contribution in [0.2, 0.25) is 5.02 Å². The van der Waals surface area contributed by atoms with E-state index in [2.05, 4.69) is 4.98 Å². The summed E-state index contributed by atoms with van der Waals surface area (Å²) in [4.78, 5) is 3.45. The number of alkyl halides is 3. The van der Waals surface area contributed by atoms with E-state index in [1.807, 2.05) is 0 Å². The van der Waals surface area contributed by atoms with Gasteiger partial charge in [0.25, 0.3) is 0 Å². The van der Waals surface area contributed by atoms with Crippen LogP contribution in [-0.4, -0.2) is 10.5 Å². The van der Waals surface area contributed by atoms with E-state index in [0.29, 0.717) is 0 Å². The summed E-state index contributed by atoms with van der Waals surface area (Å²) in [7, 11) is 0. The summed E-state index contributed by atoms with van der Waals surface area (Å²) in [6, 6.07) is 1.22. The van der Waals surface area contributed by atoms with Crippen molar-refractivity contribution in [3.05, 3.63) is 17.3 Å². The predicted octanol–water partition coefficient (Wildman–Crippen LogP) is 2.93. The molecule has 0 aliphatic heterocycles. The number of aromatic nitrogens is 1. The molecule has 72 valence electrons. The fraction of sp³-hybridized carbons (Fsp3) is 0.167.